The highest BCUT2D eigenvalue weighted by atomic mass is 79.9. The molecule has 4 aromatic carbocycles. The van der Waals surface area contributed by atoms with Gasteiger partial charge in [0.05, 0.1) is 0 Å². The Labute approximate surface area is 190 Å². The molecule has 0 radical (unpaired) electrons. The van der Waals surface area contributed by atoms with Crippen LogP contribution < -0.4 is 32.9 Å². The van der Waals surface area contributed by atoms with Gasteiger partial charge < -0.3 is 22.1 Å². The predicted molar refractivity (Wildman–Crippen MR) is 126 cm³/mol. The van der Waals surface area contributed by atoms with E-state index in [4.69, 9.17) is 0 Å². The van der Waals surface area contributed by atoms with Gasteiger partial charge in [-0.2, -0.15) is 0 Å². The Hall–Kier alpha value is -2.25. The van der Waals surface area contributed by atoms with E-state index in [2.05, 4.69) is 97.9 Å². The Bertz CT molecular complexity index is 927. The maximum absolute atomic E-state index is 11.5. The van der Waals surface area contributed by atoms with Crippen LogP contribution in [0.4, 0.5) is 0 Å². The summed E-state index contributed by atoms with van der Waals surface area (Å²) >= 11 is 0. The van der Waals surface area contributed by atoms with Crippen molar-refractivity contribution in [3.63, 3.8) is 0 Å². The minimum absolute atomic E-state index is 0. The van der Waals surface area contributed by atoms with E-state index >= 15 is 0 Å². The molecular weight excluding hydrogens is 451 g/mol. The van der Waals surface area contributed by atoms with Crippen molar-refractivity contribution < 1.29 is 22.1 Å². The zero-order valence-corrected chi connectivity index (χ0v) is 19.5. The van der Waals surface area contributed by atoms with Gasteiger partial charge in [0.2, 0.25) is 0 Å². The molecule has 0 saturated carbocycles. The fourth-order valence-corrected chi connectivity index (χ4v) is 9.11. The first-order valence-electron chi connectivity index (χ1n) is 10.0. The molecule has 1 N–H and O–H groups in total. The van der Waals surface area contributed by atoms with E-state index in [1.54, 1.807) is 0 Å². The fourth-order valence-electron chi connectivity index (χ4n) is 4.28. The van der Waals surface area contributed by atoms with E-state index < -0.39 is 13.4 Å². The molecule has 0 spiro atoms. The molecule has 0 aliphatic heterocycles. The second-order valence-electron chi connectivity index (χ2n) is 7.33. The molecule has 1 nitrogen and oxygen atoms in total. The molecule has 30 heavy (non-hydrogen) atoms. The summed E-state index contributed by atoms with van der Waals surface area (Å²) in [5.41, 5.74) is 0.976. The Balaban J connectivity index is 0.00000256. The maximum Gasteiger partial charge on any atom is 0.117 e. The highest BCUT2D eigenvalue weighted by Crippen LogP contribution is 2.62. The Kier molecular flexibility index (Phi) is 7.61. The average molecular weight is 477 g/mol. The third-order valence-corrected chi connectivity index (χ3v) is 10.5. The van der Waals surface area contributed by atoms with E-state index in [1.165, 1.54) is 15.9 Å². The number of rotatable bonds is 6. The molecule has 0 bridgehead atoms. The van der Waals surface area contributed by atoms with E-state index in [-0.39, 0.29) is 22.6 Å². The van der Waals surface area contributed by atoms with Crippen LogP contribution in [0, 0.1) is 0 Å². The van der Waals surface area contributed by atoms with Crippen LogP contribution in [0.3, 0.4) is 0 Å². The molecule has 0 aromatic heterocycles. The number of hydrogen-bond acceptors (Lipinski definition) is 1. The highest BCUT2D eigenvalue weighted by molar-refractivity contribution is 7.96. The van der Waals surface area contributed by atoms with Crippen LogP contribution in [-0.2, 0) is 0 Å². The molecule has 0 amide bonds. The summed E-state index contributed by atoms with van der Waals surface area (Å²) in [5, 5.41) is 15.4. The molecule has 4 aromatic rings. The molecule has 0 fully saturated rings. The minimum Gasteiger partial charge on any atom is -1.00 e. The summed E-state index contributed by atoms with van der Waals surface area (Å²) < 4.78 is 0. The number of halogens is 1. The van der Waals surface area contributed by atoms with E-state index in [0.29, 0.717) is 0 Å². The van der Waals surface area contributed by atoms with Gasteiger partial charge in [0.25, 0.3) is 0 Å². The summed E-state index contributed by atoms with van der Waals surface area (Å²) in [6.45, 7) is 2.21. The van der Waals surface area contributed by atoms with Crippen LogP contribution in [0.1, 0.15) is 18.6 Å². The zero-order valence-electron chi connectivity index (χ0n) is 17.0. The summed E-state index contributed by atoms with van der Waals surface area (Å²) in [6, 6.07) is 42.2. The average Bonchev–Trinajstić information content (AvgIpc) is 2.82. The second kappa shape index (κ2) is 10.2. The minimum atomic E-state index is -2.12. The molecule has 4 rings (SSSR count). The van der Waals surface area contributed by atoms with E-state index in [1.807, 2.05) is 30.3 Å². The summed E-state index contributed by atoms with van der Waals surface area (Å²) in [7, 11) is -2.12. The molecule has 3 heteroatoms. The molecule has 0 heterocycles. The van der Waals surface area contributed by atoms with Gasteiger partial charge >= 0.3 is 0 Å². The van der Waals surface area contributed by atoms with Crippen LogP contribution in [0.2, 0.25) is 0 Å². The maximum atomic E-state index is 11.5. The molecule has 0 saturated heterocycles. The Morgan fingerprint density at radius 2 is 0.833 bits per heavy atom. The molecule has 152 valence electrons. The van der Waals surface area contributed by atoms with Crippen molar-refractivity contribution in [3.8, 4) is 0 Å². The number of hydrogen-bond donors (Lipinski definition) is 1. The summed E-state index contributed by atoms with van der Waals surface area (Å²) in [5.74, 6) is 0. The smallest absolute Gasteiger partial charge is 0.117 e. The van der Waals surface area contributed by atoms with Gasteiger partial charge in [0.15, 0.2) is 0 Å². The predicted octanol–water partition coefficient (Wildman–Crippen LogP) is 2.11. The van der Waals surface area contributed by atoms with Crippen molar-refractivity contribution in [1.82, 2.24) is 0 Å². The lowest BCUT2D eigenvalue weighted by atomic mass is 10.1. The summed E-state index contributed by atoms with van der Waals surface area (Å²) in [4.78, 5) is 0. The fraction of sp³-hybridized carbons (Fsp3) is 0.111. The molecule has 0 unspecified atom stereocenters. The lowest BCUT2D eigenvalue weighted by molar-refractivity contribution is -0.00000718. The molecular formula is C27H26BrOP. The van der Waals surface area contributed by atoms with Gasteiger partial charge in [-0.1, -0.05) is 84.9 Å². The van der Waals surface area contributed by atoms with Crippen LogP contribution in [-0.4, -0.2) is 10.8 Å². The largest absolute Gasteiger partial charge is 1.00 e. The van der Waals surface area contributed by atoms with Crippen molar-refractivity contribution >= 4 is 23.2 Å². The third-order valence-electron chi connectivity index (χ3n) is 5.70. The monoisotopic (exact) mass is 476 g/mol. The normalized spacial score (nSPS) is 13.1. The van der Waals surface area contributed by atoms with Crippen molar-refractivity contribution in [3.05, 3.63) is 127 Å². The second-order valence-corrected chi connectivity index (χ2v) is 11.1. The standard InChI is InChI=1S/C27H26OP.BrH/c1-22(27(28)23-14-6-2-7-15-23)29(24-16-8-3-9-17-24,25-18-10-4-11-19-25)26-20-12-5-13-21-26;/h2-22,27-28H,1H3;1H/q+1;/p-1/t22-,27-;/m1./s1. The van der Waals surface area contributed by atoms with Crippen molar-refractivity contribution in [2.75, 3.05) is 0 Å². The number of benzene rings is 4. The van der Waals surface area contributed by atoms with Crippen molar-refractivity contribution in [2.24, 2.45) is 0 Å². The van der Waals surface area contributed by atoms with Gasteiger partial charge in [-0.3, -0.25) is 0 Å². The van der Waals surface area contributed by atoms with Gasteiger partial charge in [0, 0.05) is 0 Å². The first-order valence-corrected chi connectivity index (χ1v) is 11.9. The first-order chi connectivity index (χ1) is 14.2. The van der Waals surface area contributed by atoms with Crippen LogP contribution in [0.5, 0.6) is 0 Å². The van der Waals surface area contributed by atoms with Gasteiger partial charge in [-0.15, -0.1) is 0 Å². The van der Waals surface area contributed by atoms with Gasteiger partial charge in [-0.05, 0) is 48.9 Å². The summed E-state index contributed by atoms with van der Waals surface area (Å²) in [6.07, 6.45) is -0.565. The van der Waals surface area contributed by atoms with Gasteiger partial charge in [0.1, 0.15) is 34.9 Å². The van der Waals surface area contributed by atoms with Gasteiger partial charge in [-0.25, -0.2) is 0 Å². The van der Waals surface area contributed by atoms with Crippen LogP contribution in [0.15, 0.2) is 121 Å². The van der Waals surface area contributed by atoms with Crippen LogP contribution >= 0.6 is 7.26 Å². The number of aliphatic hydroxyl groups excluding tert-OH is 1. The van der Waals surface area contributed by atoms with E-state index in [0.717, 1.165) is 5.56 Å². The van der Waals surface area contributed by atoms with Crippen molar-refractivity contribution in [1.29, 1.82) is 0 Å². The molecule has 0 aliphatic rings. The number of aliphatic hydroxyl groups is 1. The first kappa shape index (κ1) is 22.4. The third kappa shape index (κ3) is 4.14. The zero-order chi connectivity index (χ0) is 20.1. The quantitative estimate of drug-likeness (QED) is 0.422. The lowest BCUT2D eigenvalue weighted by Gasteiger charge is -2.35. The van der Waals surface area contributed by atoms with E-state index in [9.17, 15) is 5.11 Å². The lowest BCUT2D eigenvalue weighted by Crippen LogP contribution is -3.00. The van der Waals surface area contributed by atoms with Crippen LogP contribution in [0.25, 0.3) is 0 Å². The Morgan fingerprint density at radius 3 is 1.17 bits per heavy atom. The highest BCUT2D eigenvalue weighted by Gasteiger charge is 2.53. The van der Waals surface area contributed by atoms with Crippen molar-refractivity contribution in [2.45, 2.75) is 18.7 Å². The molecule has 2 atom stereocenters. The topological polar surface area (TPSA) is 20.2 Å². The SMILES string of the molecule is C[C@H]([C@@H](O)c1ccccc1)[P+](c1ccccc1)(c1ccccc1)c1ccccc1.[Br-]. The molecule has 0 aliphatic carbocycles. The Morgan fingerprint density at radius 1 is 0.533 bits per heavy atom.